The van der Waals surface area contributed by atoms with Crippen LogP contribution in [0.15, 0.2) is 64.8 Å². The maximum Gasteiger partial charge on any atom is 0.258 e. The largest absolute Gasteiger partial charge is 0.309 e. The van der Waals surface area contributed by atoms with E-state index in [9.17, 15) is 4.79 Å². The predicted octanol–water partition coefficient (Wildman–Crippen LogP) is 4.92. The minimum absolute atomic E-state index is 0.0806. The fourth-order valence-corrected chi connectivity index (χ4v) is 4.03. The first kappa shape index (κ1) is 17.8. The highest BCUT2D eigenvalue weighted by atomic mass is 35.5. The van der Waals surface area contributed by atoms with E-state index in [1.165, 1.54) is 11.8 Å². The normalized spacial score (nSPS) is 12.4. The van der Waals surface area contributed by atoms with Crippen LogP contribution in [0.1, 0.15) is 23.6 Å². The van der Waals surface area contributed by atoms with Crippen molar-refractivity contribution in [2.75, 3.05) is 0 Å². The molecule has 4 rings (SSSR count). The Balaban J connectivity index is 1.69. The molecular weight excluding hydrogens is 380 g/mol. The van der Waals surface area contributed by atoms with Crippen LogP contribution in [0.3, 0.4) is 0 Å². The number of nitrogens with one attached hydrogen (secondary N) is 1. The Morgan fingerprint density at radius 1 is 1.19 bits per heavy atom. The third kappa shape index (κ3) is 3.38. The number of fused-ring (bicyclic) bond motifs is 1. The second-order valence-corrected chi connectivity index (χ2v) is 7.91. The Morgan fingerprint density at radius 3 is 2.85 bits per heavy atom. The van der Waals surface area contributed by atoms with Gasteiger partial charge in [0.05, 0.1) is 21.8 Å². The first-order valence-electron chi connectivity index (χ1n) is 8.49. The monoisotopic (exact) mass is 396 g/mol. The fourth-order valence-electron chi connectivity index (χ4n) is 2.93. The van der Waals surface area contributed by atoms with Gasteiger partial charge in [0.1, 0.15) is 5.82 Å². The summed E-state index contributed by atoms with van der Waals surface area (Å²) >= 11 is 7.80. The van der Waals surface area contributed by atoms with Crippen LogP contribution in [0.2, 0.25) is 5.02 Å². The smallest absolute Gasteiger partial charge is 0.258 e. The summed E-state index contributed by atoms with van der Waals surface area (Å²) in [7, 11) is 0. The SMILES string of the molecule is Cc1c(Cl)cccc1-n1ccnc1SC(C)c1nc2ccccc2c(=O)[nH]1. The number of rotatable bonds is 4. The zero-order valence-electron chi connectivity index (χ0n) is 14.8. The van der Waals surface area contributed by atoms with E-state index < -0.39 is 0 Å². The Bertz CT molecular complexity index is 1180. The zero-order chi connectivity index (χ0) is 19.0. The number of aromatic amines is 1. The minimum Gasteiger partial charge on any atom is -0.309 e. The third-order valence-electron chi connectivity index (χ3n) is 4.40. The maximum atomic E-state index is 12.3. The molecule has 27 heavy (non-hydrogen) atoms. The van der Waals surface area contributed by atoms with Gasteiger partial charge >= 0.3 is 0 Å². The van der Waals surface area contributed by atoms with Crippen molar-refractivity contribution in [3.8, 4) is 5.69 Å². The first-order chi connectivity index (χ1) is 13.0. The van der Waals surface area contributed by atoms with Gasteiger partial charge in [0.2, 0.25) is 0 Å². The molecule has 7 heteroatoms. The summed E-state index contributed by atoms with van der Waals surface area (Å²) in [6.07, 6.45) is 3.66. The minimum atomic E-state index is -0.128. The van der Waals surface area contributed by atoms with Crippen LogP contribution in [0, 0.1) is 6.92 Å². The lowest BCUT2D eigenvalue weighted by Gasteiger charge is -2.14. The summed E-state index contributed by atoms with van der Waals surface area (Å²) in [6.45, 7) is 3.99. The van der Waals surface area contributed by atoms with Crippen molar-refractivity contribution in [1.82, 2.24) is 19.5 Å². The van der Waals surface area contributed by atoms with Crippen molar-refractivity contribution >= 4 is 34.3 Å². The van der Waals surface area contributed by atoms with E-state index >= 15 is 0 Å². The number of thioether (sulfide) groups is 1. The standard InChI is InChI=1S/C20H17ClN4OS/c1-12-15(21)7-5-9-17(12)25-11-10-22-20(25)27-13(2)18-23-16-8-4-3-6-14(16)19(26)24-18/h3-11,13H,1-2H3,(H,23,24,26). The number of H-pyrrole nitrogens is 1. The van der Waals surface area contributed by atoms with E-state index in [1.54, 1.807) is 12.3 Å². The van der Waals surface area contributed by atoms with Gasteiger partial charge < -0.3 is 4.98 Å². The van der Waals surface area contributed by atoms with Gasteiger partial charge in [-0.15, -0.1) is 0 Å². The van der Waals surface area contributed by atoms with E-state index in [-0.39, 0.29) is 10.8 Å². The van der Waals surface area contributed by atoms with Gasteiger partial charge in [-0.3, -0.25) is 9.36 Å². The third-order valence-corrected chi connectivity index (χ3v) is 5.90. The topological polar surface area (TPSA) is 63.6 Å². The van der Waals surface area contributed by atoms with Gasteiger partial charge in [0, 0.05) is 17.4 Å². The summed E-state index contributed by atoms with van der Waals surface area (Å²) < 4.78 is 2.00. The summed E-state index contributed by atoms with van der Waals surface area (Å²) in [5.74, 6) is 0.626. The van der Waals surface area contributed by atoms with Crippen molar-refractivity contribution in [3.05, 3.63) is 81.6 Å². The van der Waals surface area contributed by atoms with Gasteiger partial charge in [-0.2, -0.15) is 0 Å². The molecule has 1 unspecified atom stereocenters. The van der Waals surface area contributed by atoms with Gasteiger partial charge in [-0.1, -0.05) is 41.6 Å². The molecule has 1 atom stereocenters. The Morgan fingerprint density at radius 2 is 2.00 bits per heavy atom. The van der Waals surface area contributed by atoms with E-state index in [0.29, 0.717) is 21.7 Å². The number of hydrogen-bond donors (Lipinski definition) is 1. The lowest BCUT2D eigenvalue weighted by atomic mass is 10.2. The van der Waals surface area contributed by atoms with Crippen molar-refractivity contribution in [1.29, 1.82) is 0 Å². The molecule has 0 spiro atoms. The molecule has 0 radical (unpaired) electrons. The quantitative estimate of drug-likeness (QED) is 0.497. The molecule has 136 valence electrons. The van der Waals surface area contributed by atoms with E-state index in [2.05, 4.69) is 15.0 Å². The molecule has 2 aromatic heterocycles. The number of imidazole rings is 1. The van der Waals surface area contributed by atoms with Crippen molar-refractivity contribution in [2.45, 2.75) is 24.3 Å². The predicted molar refractivity (Wildman–Crippen MR) is 110 cm³/mol. The maximum absolute atomic E-state index is 12.3. The molecule has 0 fully saturated rings. The summed E-state index contributed by atoms with van der Waals surface area (Å²) in [4.78, 5) is 24.3. The molecule has 4 aromatic rings. The first-order valence-corrected chi connectivity index (χ1v) is 9.75. The van der Waals surface area contributed by atoms with E-state index in [4.69, 9.17) is 11.6 Å². The number of halogens is 1. The molecule has 0 aliphatic rings. The summed E-state index contributed by atoms with van der Waals surface area (Å²) in [5.41, 5.74) is 2.54. The van der Waals surface area contributed by atoms with Crippen molar-refractivity contribution in [2.24, 2.45) is 0 Å². The molecule has 0 bridgehead atoms. The lowest BCUT2D eigenvalue weighted by Crippen LogP contribution is -2.13. The number of hydrogen-bond acceptors (Lipinski definition) is 4. The molecule has 0 aliphatic heterocycles. The van der Waals surface area contributed by atoms with Gasteiger partial charge in [-0.05, 0) is 43.7 Å². The van der Waals surface area contributed by atoms with Crippen LogP contribution in [0.5, 0.6) is 0 Å². The zero-order valence-corrected chi connectivity index (χ0v) is 16.4. The van der Waals surface area contributed by atoms with Crippen molar-refractivity contribution < 1.29 is 0 Å². The summed E-state index contributed by atoms with van der Waals surface area (Å²) in [6, 6.07) is 13.1. The molecule has 2 aromatic carbocycles. The molecule has 2 heterocycles. The molecule has 0 saturated carbocycles. The van der Waals surface area contributed by atoms with Crippen LogP contribution in [-0.4, -0.2) is 19.5 Å². The van der Waals surface area contributed by atoms with Crippen molar-refractivity contribution in [3.63, 3.8) is 0 Å². The Labute approximate surface area is 165 Å². The molecule has 0 saturated heterocycles. The lowest BCUT2D eigenvalue weighted by molar-refractivity contribution is 0.865. The molecule has 0 aliphatic carbocycles. The molecular formula is C20H17ClN4OS. The van der Waals surface area contributed by atoms with E-state index in [0.717, 1.165) is 16.4 Å². The number of para-hydroxylation sites is 1. The van der Waals surface area contributed by atoms with Gasteiger partial charge in [0.25, 0.3) is 5.56 Å². The van der Waals surface area contributed by atoms with Crippen LogP contribution in [-0.2, 0) is 0 Å². The molecule has 0 amide bonds. The highest BCUT2D eigenvalue weighted by Gasteiger charge is 2.17. The second-order valence-electron chi connectivity index (χ2n) is 6.19. The van der Waals surface area contributed by atoms with Crippen LogP contribution >= 0.6 is 23.4 Å². The average molecular weight is 397 g/mol. The molecule has 5 nitrogen and oxygen atoms in total. The highest BCUT2D eigenvalue weighted by Crippen LogP contribution is 2.34. The van der Waals surface area contributed by atoms with Crippen LogP contribution in [0.4, 0.5) is 0 Å². The van der Waals surface area contributed by atoms with E-state index in [1.807, 2.05) is 61.0 Å². The van der Waals surface area contributed by atoms with Crippen LogP contribution < -0.4 is 5.56 Å². The number of nitrogens with zero attached hydrogens (tertiary/aromatic N) is 3. The number of benzene rings is 2. The Kier molecular flexibility index (Phi) is 4.76. The fraction of sp³-hybridized carbons (Fsp3) is 0.150. The van der Waals surface area contributed by atoms with Gasteiger partial charge in [0.15, 0.2) is 5.16 Å². The second kappa shape index (κ2) is 7.21. The van der Waals surface area contributed by atoms with Gasteiger partial charge in [-0.25, -0.2) is 9.97 Å². The summed E-state index contributed by atoms with van der Waals surface area (Å²) in [5, 5.41) is 2.03. The highest BCUT2D eigenvalue weighted by molar-refractivity contribution is 7.99. The van der Waals surface area contributed by atoms with Crippen LogP contribution in [0.25, 0.3) is 16.6 Å². The number of aromatic nitrogens is 4. The molecule has 1 N–H and O–H groups in total. The average Bonchev–Trinajstić information content (AvgIpc) is 3.12. The Hall–Kier alpha value is -2.57.